The Morgan fingerprint density at radius 2 is 1.93 bits per heavy atom. The Morgan fingerprint density at radius 1 is 1.17 bits per heavy atom. The SMILES string of the molecule is COc1cc(/C=C/C(=O)N(C)[C@@H](C)c2nc3ccccc3s2)ccc1OCC(C)C. The van der Waals surface area contributed by atoms with Crippen LogP contribution in [0.4, 0.5) is 0 Å². The molecule has 0 spiro atoms. The van der Waals surface area contributed by atoms with Crippen LogP contribution in [-0.2, 0) is 4.79 Å². The second-order valence-corrected chi connectivity index (χ2v) is 8.66. The van der Waals surface area contributed by atoms with E-state index in [0.29, 0.717) is 24.0 Å². The van der Waals surface area contributed by atoms with Crippen LogP contribution in [-0.4, -0.2) is 36.6 Å². The van der Waals surface area contributed by atoms with E-state index in [1.807, 2.05) is 49.4 Å². The van der Waals surface area contributed by atoms with Crippen molar-refractivity contribution in [2.45, 2.75) is 26.8 Å². The van der Waals surface area contributed by atoms with Gasteiger partial charge in [0.25, 0.3) is 0 Å². The van der Waals surface area contributed by atoms with Gasteiger partial charge >= 0.3 is 0 Å². The lowest BCUT2D eigenvalue weighted by Crippen LogP contribution is -2.27. The van der Waals surface area contributed by atoms with Gasteiger partial charge in [-0.05, 0) is 48.7 Å². The number of aromatic nitrogens is 1. The maximum atomic E-state index is 12.7. The third kappa shape index (κ3) is 5.19. The van der Waals surface area contributed by atoms with Gasteiger partial charge in [-0.15, -0.1) is 11.3 Å². The van der Waals surface area contributed by atoms with E-state index in [-0.39, 0.29) is 11.9 Å². The molecule has 0 saturated carbocycles. The predicted octanol–water partition coefficient (Wildman–Crippen LogP) is 5.57. The number of hydrogen-bond donors (Lipinski definition) is 0. The number of hydrogen-bond acceptors (Lipinski definition) is 5. The summed E-state index contributed by atoms with van der Waals surface area (Å²) in [5.74, 6) is 1.71. The van der Waals surface area contributed by atoms with E-state index in [2.05, 4.69) is 18.8 Å². The zero-order valence-electron chi connectivity index (χ0n) is 18.1. The first kappa shape index (κ1) is 21.8. The first-order chi connectivity index (χ1) is 14.4. The molecular weight excluding hydrogens is 396 g/mol. The Morgan fingerprint density at radius 3 is 2.63 bits per heavy atom. The zero-order valence-corrected chi connectivity index (χ0v) is 18.9. The molecule has 30 heavy (non-hydrogen) atoms. The van der Waals surface area contributed by atoms with E-state index in [4.69, 9.17) is 9.47 Å². The van der Waals surface area contributed by atoms with Crippen LogP contribution in [0.3, 0.4) is 0 Å². The Bertz CT molecular complexity index is 1010. The van der Waals surface area contributed by atoms with E-state index in [1.165, 1.54) is 0 Å². The van der Waals surface area contributed by atoms with Gasteiger partial charge in [0, 0.05) is 13.1 Å². The van der Waals surface area contributed by atoms with Crippen molar-refractivity contribution < 1.29 is 14.3 Å². The average Bonchev–Trinajstić information content (AvgIpc) is 3.19. The predicted molar refractivity (Wildman–Crippen MR) is 123 cm³/mol. The molecule has 5 nitrogen and oxygen atoms in total. The number of benzene rings is 2. The monoisotopic (exact) mass is 424 g/mol. The quantitative estimate of drug-likeness (QED) is 0.444. The number of carbonyl (C=O) groups is 1. The summed E-state index contributed by atoms with van der Waals surface area (Å²) in [7, 11) is 3.41. The molecule has 0 saturated heterocycles. The maximum absolute atomic E-state index is 12.7. The van der Waals surface area contributed by atoms with Crippen molar-refractivity contribution in [3.63, 3.8) is 0 Å². The highest BCUT2D eigenvalue weighted by Gasteiger charge is 2.19. The molecule has 3 aromatic rings. The summed E-state index contributed by atoms with van der Waals surface area (Å²) in [6.45, 7) is 6.81. The molecule has 0 N–H and O–H groups in total. The lowest BCUT2D eigenvalue weighted by atomic mass is 10.1. The summed E-state index contributed by atoms with van der Waals surface area (Å²) < 4.78 is 12.3. The third-order valence-corrected chi connectivity index (χ3v) is 5.98. The number of methoxy groups -OCH3 is 1. The summed E-state index contributed by atoms with van der Waals surface area (Å²) in [6, 6.07) is 13.6. The van der Waals surface area contributed by atoms with Crippen molar-refractivity contribution in [3.05, 3.63) is 59.1 Å². The van der Waals surface area contributed by atoms with Crippen LogP contribution < -0.4 is 9.47 Å². The molecule has 3 rings (SSSR count). The molecule has 1 heterocycles. The van der Waals surface area contributed by atoms with Gasteiger partial charge in [-0.2, -0.15) is 0 Å². The zero-order chi connectivity index (χ0) is 21.7. The van der Waals surface area contributed by atoms with E-state index in [1.54, 1.807) is 42.5 Å². The van der Waals surface area contributed by atoms with Gasteiger partial charge in [0.1, 0.15) is 5.01 Å². The fraction of sp³-hybridized carbons (Fsp3) is 0.333. The summed E-state index contributed by atoms with van der Waals surface area (Å²) in [5.41, 5.74) is 1.84. The number of likely N-dealkylation sites (N-methyl/N-ethyl adjacent to an activating group) is 1. The van der Waals surface area contributed by atoms with Crippen molar-refractivity contribution in [3.8, 4) is 11.5 Å². The van der Waals surface area contributed by atoms with Gasteiger partial charge in [-0.3, -0.25) is 4.79 Å². The van der Waals surface area contributed by atoms with Crippen molar-refractivity contribution in [1.29, 1.82) is 0 Å². The Labute approximate surface area is 182 Å². The van der Waals surface area contributed by atoms with Crippen molar-refractivity contribution in [1.82, 2.24) is 9.88 Å². The van der Waals surface area contributed by atoms with Gasteiger partial charge in [0.2, 0.25) is 5.91 Å². The molecule has 0 bridgehead atoms. The smallest absolute Gasteiger partial charge is 0.246 e. The Balaban J connectivity index is 1.69. The highest BCUT2D eigenvalue weighted by atomic mass is 32.1. The van der Waals surface area contributed by atoms with Gasteiger partial charge in [-0.25, -0.2) is 4.98 Å². The maximum Gasteiger partial charge on any atom is 0.246 e. The van der Waals surface area contributed by atoms with Crippen molar-refractivity contribution in [2.24, 2.45) is 5.92 Å². The van der Waals surface area contributed by atoms with Gasteiger partial charge in [0.15, 0.2) is 11.5 Å². The number of carbonyl (C=O) groups excluding carboxylic acids is 1. The number of amides is 1. The van der Waals surface area contributed by atoms with E-state index >= 15 is 0 Å². The first-order valence-corrected chi connectivity index (χ1v) is 10.8. The average molecular weight is 425 g/mol. The second kappa shape index (κ2) is 9.76. The van der Waals surface area contributed by atoms with E-state index in [0.717, 1.165) is 20.8 Å². The minimum atomic E-state index is -0.110. The van der Waals surface area contributed by atoms with Gasteiger partial charge in [-0.1, -0.05) is 32.0 Å². The van der Waals surface area contributed by atoms with E-state index < -0.39 is 0 Å². The summed E-state index contributed by atoms with van der Waals surface area (Å²) >= 11 is 1.62. The van der Waals surface area contributed by atoms with Crippen molar-refractivity contribution in [2.75, 3.05) is 20.8 Å². The molecule has 6 heteroatoms. The molecule has 158 valence electrons. The normalized spacial score (nSPS) is 12.5. The standard InChI is InChI=1S/C24H28N2O3S/c1-16(2)15-29-20-12-10-18(14-21(20)28-5)11-13-23(27)26(4)17(3)24-25-19-8-6-7-9-22(19)30-24/h6-14,16-17H,15H2,1-5H3/b13-11+/t17-/m0/s1. The van der Waals surface area contributed by atoms with Crippen LogP contribution in [0.5, 0.6) is 11.5 Å². The number of para-hydroxylation sites is 1. The lowest BCUT2D eigenvalue weighted by molar-refractivity contribution is -0.126. The highest BCUT2D eigenvalue weighted by molar-refractivity contribution is 7.18. The fourth-order valence-corrected chi connectivity index (χ4v) is 3.94. The minimum absolute atomic E-state index is 0.0825. The number of thiazole rings is 1. The second-order valence-electron chi connectivity index (χ2n) is 7.59. The van der Waals surface area contributed by atoms with E-state index in [9.17, 15) is 4.79 Å². The van der Waals surface area contributed by atoms with Crippen LogP contribution in [0.1, 0.15) is 37.4 Å². The molecule has 2 aromatic carbocycles. The molecule has 0 fully saturated rings. The molecule has 0 aliphatic rings. The topological polar surface area (TPSA) is 51.7 Å². The van der Waals surface area contributed by atoms with Crippen LogP contribution >= 0.6 is 11.3 Å². The molecule has 1 aromatic heterocycles. The van der Waals surface area contributed by atoms with Crippen LogP contribution in [0.2, 0.25) is 0 Å². The minimum Gasteiger partial charge on any atom is -0.493 e. The third-order valence-electron chi connectivity index (χ3n) is 4.77. The fourth-order valence-electron chi connectivity index (χ4n) is 2.87. The number of rotatable bonds is 8. The summed E-state index contributed by atoms with van der Waals surface area (Å²) in [5, 5.41) is 0.925. The lowest BCUT2D eigenvalue weighted by Gasteiger charge is -2.21. The largest absolute Gasteiger partial charge is 0.493 e. The number of fused-ring (bicyclic) bond motifs is 1. The molecule has 0 radical (unpaired) electrons. The number of nitrogens with zero attached hydrogens (tertiary/aromatic N) is 2. The van der Waals surface area contributed by atoms with Crippen LogP contribution in [0.25, 0.3) is 16.3 Å². The highest BCUT2D eigenvalue weighted by Crippen LogP contribution is 2.30. The molecule has 0 aliphatic carbocycles. The van der Waals surface area contributed by atoms with Gasteiger partial charge in [0.05, 0.1) is 30.0 Å². The summed E-state index contributed by atoms with van der Waals surface area (Å²) in [4.78, 5) is 19.1. The first-order valence-electron chi connectivity index (χ1n) is 10.00. The summed E-state index contributed by atoms with van der Waals surface area (Å²) in [6.07, 6.45) is 3.37. The van der Waals surface area contributed by atoms with Crippen molar-refractivity contribution >= 4 is 33.5 Å². The molecule has 1 amide bonds. The number of ether oxygens (including phenoxy) is 2. The molecule has 0 aliphatic heterocycles. The van der Waals surface area contributed by atoms with Crippen LogP contribution in [0.15, 0.2) is 48.5 Å². The Kier molecular flexibility index (Phi) is 7.11. The van der Waals surface area contributed by atoms with Crippen LogP contribution in [0, 0.1) is 5.92 Å². The Hall–Kier alpha value is -2.86. The molecule has 1 atom stereocenters. The molecule has 0 unspecified atom stereocenters. The molecular formula is C24H28N2O3S. The van der Waals surface area contributed by atoms with Gasteiger partial charge < -0.3 is 14.4 Å².